The van der Waals surface area contributed by atoms with Crippen molar-refractivity contribution in [3.63, 3.8) is 0 Å². The van der Waals surface area contributed by atoms with E-state index in [1.807, 2.05) is 18.3 Å². The third kappa shape index (κ3) is 4.12. The zero-order valence-corrected chi connectivity index (χ0v) is 22.0. The van der Waals surface area contributed by atoms with Crippen molar-refractivity contribution in [1.29, 1.82) is 0 Å². The van der Waals surface area contributed by atoms with Crippen molar-refractivity contribution >= 4 is 27.8 Å². The fourth-order valence-electron chi connectivity index (χ4n) is 6.17. The molecule has 0 spiro atoms. The number of carbonyl (C=O) groups is 1. The molecule has 0 unspecified atom stereocenters. The van der Waals surface area contributed by atoms with E-state index in [1.165, 1.54) is 18.7 Å². The summed E-state index contributed by atoms with van der Waals surface area (Å²) in [6.07, 6.45) is 4.03. The van der Waals surface area contributed by atoms with Gasteiger partial charge in [0.25, 0.3) is 0 Å². The average Bonchev–Trinajstić information content (AvgIpc) is 3.46. The molecule has 5 rings (SSSR count). The first-order valence-corrected chi connectivity index (χ1v) is 12.7. The third-order valence-electron chi connectivity index (χ3n) is 8.09. The molecule has 8 heteroatoms. The molecule has 2 heterocycles. The Kier molecular flexibility index (Phi) is 6.36. The molecule has 2 aromatic carbocycles. The van der Waals surface area contributed by atoms with E-state index in [0.717, 1.165) is 33.2 Å². The molecule has 2 aromatic heterocycles. The average molecular weight is 508 g/mol. The number of carboxylic acid groups (broad SMARTS) is 1. The maximum Gasteiger partial charge on any atom is 0.335 e. The van der Waals surface area contributed by atoms with Crippen molar-refractivity contribution in [2.75, 3.05) is 20.8 Å². The van der Waals surface area contributed by atoms with Gasteiger partial charge in [0.05, 0.1) is 23.8 Å². The van der Waals surface area contributed by atoms with Gasteiger partial charge < -0.3 is 19.1 Å². The highest BCUT2D eigenvalue weighted by molar-refractivity contribution is 5.99. The molecule has 0 radical (unpaired) electrons. The van der Waals surface area contributed by atoms with Gasteiger partial charge in [-0.05, 0) is 80.0 Å². The Morgan fingerprint density at radius 1 is 1.24 bits per heavy atom. The van der Waals surface area contributed by atoms with Gasteiger partial charge in [-0.25, -0.2) is 9.18 Å². The highest BCUT2D eigenvalue weighted by Crippen LogP contribution is 2.48. The Hall–Kier alpha value is -3.23. The van der Waals surface area contributed by atoms with Gasteiger partial charge in [-0.15, -0.1) is 0 Å². The van der Waals surface area contributed by atoms with Crippen LogP contribution in [0.15, 0.2) is 36.5 Å². The number of methoxy groups -OCH3 is 2. The lowest BCUT2D eigenvalue weighted by Gasteiger charge is -2.37. The van der Waals surface area contributed by atoms with Crippen molar-refractivity contribution in [3.05, 3.63) is 59.2 Å². The number of fused-ring (bicyclic) bond motifs is 2. The fourth-order valence-corrected chi connectivity index (χ4v) is 6.17. The predicted molar refractivity (Wildman–Crippen MR) is 141 cm³/mol. The lowest BCUT2D eigenvalue weighted by atomic mass is 9.73. The SMILES string of the molecule is COCC(C)(C)c1c(C2CCC(OC)(C(=O)O)CC2)c2cc3[nH]ncc3cc2n1-c1ccc(F)c(C)c1. The van der Waals surface area contributed by atoms with Crippen LogP contribution in [-0.4, -0.2) is 52.3 Å². The number of aromatic nitrogens is 3. The predicted octanol–water partition coefficient (Wildman–Crippen LogP) is 6.01. The molecule has 0 bridgehead atoms. The normalized spacial score (nSPS) is 20.6. The Morgan fingerprint density at radius 2 is 1.97 bits per heavy atom. The topological polar surface area (TPSA) is 89.4 Å². The monoisotopic (exact) mass is 507 g/mol. The largest absolute Gasteiger partial charge is 0.479 e. The number of benzene rings is 2. The smallest absolute Gasteiger partial charge is 0.335 e. The Morgan fingerprint density at radius 3 is 2.59 bits per heavy atom. The highest BCUT2D eigenvalue weighted by atomic mass is 19.1. The number of rotatable bonds is 7. The zero-order chi connectivity index (χ0) is 26.5. The minimum absolute atomic E-state index is 0.124. The van der Waals surface area contributed by atoms with Gasteiger partial charge >= 0.3 is 5.97 Å². The van der Waals surface area contributed by atoms with Gasteiger partial charge in [-0.1, -0.05) is 13.8 Å². The van der Waals surface area contributed by atoms with Gasteiger partial charge in [0.15, 0.2) is 5.60 Å². The van der Waals surface area contributed by atoms with Crippen LogP contribution in [0.4, 0.5) is 4.39 Å². The van der Waals surface area contributed by atoms with Crippen molar-refractivity contribution < 1.29 is 23.8 Å². The van der Waals surface area contributed by atoms with Crippen molar-refractivity contribution in [2.24, 2.45) is 0 Å². The second-order valence-electron chi connectivity index (χ2n) is 11.0. The number of nitrogens with one attached hydrogen (secondary N) is 1. The van der Waals surface area contributed by atoms with E-state index >= 15 is 0 Å². The molecule has 1 aliphatic carbocycles. The second kappa shape index (κ2) is 9.26. The molecular weight excluding hydrogens is 473 g/mol. The van der Waals surface area contributed by atoms with Gasteiger partial charge in [-0.2, -0.15) is 5.10 Å². The van der Waals surface area contributed by atoms with E-state index in [1.54, 1.807) is 14.0 Å². The molecule has 0 aliphatic heterocycles. The van der Waals surface area contributed by atoms with Crippen LogP contribution >= 0.6 is 0 Å². The van der Waals surface area contributed by atoms with Gasteiger partial charge in [0.2, 0.25) is 0 Å². The molecule has 1 saturated carbocycles. The summed E-state index contributed by atoms with van der Waals surface area (Å²) in [5, 5.41) is 19.3. The van der Waals surface area contributed by atoms with E-state index < -0.39 is 11.6 Å². The molecule has 2 N–H and O–H groups in total. The maximum absolute atomic E-state index is 14.3. The van der Waals surface area contributed by atoms with E-state index in [-0.39, 0.29) is 17.2 Å². The maximum atomic E-state index is 14.3. The van der Waals surface area contributed by atoms with Crippen molar-refractivity contribution in [3.8, 4) is 5.69 Å². The standard InChI is InChI=1S/C29H34FN3O4/c1-17-12-20(6-7-22(17)30)33-24-13-19-15-31-32-23(19)14-21(24)25(26(33)28(2,3)16-36-4)18-8-10-29(37-5,11-9-18)27(34)35/h6-7,12-15,18H,8-11,16H2,1-5H3,(H,31,32)(H,34,35). The summed E-state index contributed by atoms with van der Waals surface area (Å²) in [5.41, 5.74) is 4.14. The number of hydrogen-bond donors (Lipinski definition) is 2. The van der Waals surface area contributed by atoms with Crippen LogP contribution in [0.1, 0.15) is 62.3 Å². The van der Waals surface area contributed by atoms with E-state index in [4.69, 9.17) is 9.47 Å². The Bertz CT molecular complexity index is 1480. The summed E-state index contributed by atoms with van der Waals surface area (Å²) in [6, 6.07) is 9.48. The second-order valence-corrected chi connectivity index (χ2v) is 11.0. The Balaban J connectivity index is 1.81. The van der Waals surface area contributed by atoms with E-state index in [9.17, 15) is 14.3 Å². The Labute approximate surface area is 215 Å². The minimum Gasteiger partial charge on any atom is -0.479 e. The number of carboxylic acids is 1. The molecule has 7 nitrogen and oxygen atoms in total. The quantitative estimate of drug-likeness (QED) is 0.320. The van der Waals surface area contributed by atoms with Crippen LogP contribution in [0.2, 0.25) is 0 Å². The summed E-state index contributed by atoms with van der Waals surface area (Å²) in [6.45, 7) is 6.58. The van der Waals surface area contributed by atoms with Crippen LogP contribution in [0.3, 0.4) is 0 Å². The van der Waals surface area contributed by atoms with Gasteiger partial charge in [-0.3, -0.25) is 5.10 Å². The van der Waals surface area contributed by atoms with Crippen molar-refractivity contribution in [2.45, 2.75) is 63.4 Å². The first kappa shape index (κ1) is 25.4. The first-order chi connectivity index (χ1) is 17.6. The summed E-state index contributed by atoms with van der Waals surface area (Å²) >= 11 is 0. The summed E-state index contributed by atoms with van der Waals surface area (Å²) in [7, 11) is 3.19. The number of aromatic amines is 1. The molecule has 196 valence electrons. The van der Waals surface area contributed by atoms with E-state index in [2.05, 4.69) is 40.7 Å². The molecule has 1 aliphatic rings. The number of aliphatic carboxylic acids is 1. The van der Waals surface area contributed by atoms with Gasteiger partial charge in [0, 0.05) is 41.8 Å². The number of nitrogens with zero attached hydrogens (tertiary/aromatic N) is 2. The number of ether oxygens (including phenoxy) is 2. The van der Waals surface area contributed by atoms with Crippen molar-refractivity contribution in [1.82, 2.24) is 14.8 Å². The highest BCUT2D eigenvalue weighted by Gasteiger charge is 2.44. The third-order valence-corrected chi connectivity index (χ3v) is 8.09. The molecule has 37 heavy (non-hydrogen) atoms. The number of halogens is 1. The molecule has 0 amide bonds. The zero-order valence-electron chi connectivity index (χ0n) is 22.0. The van der Waals surface area contributed by atoms with Crippen LogP contribution in [0.5, 0.6) is 0 Å². The fraction of sp³-hybridized carbons (Fsp3) is 0.448. The lowest BCUT2D eigenvalue weighted by Crippen LogP contribution is -2.43. The van der Waals surface area contributed by atoms with Crippen LogP contribution in [-0.2, 0) is 19.7 Å². The molecule has 0 atom stereocenters. The van der Waals surface area contributed by atoms with Crippen LogP contribution in [0.25, 0.3) is 27.5 Å². The number of hydrogen-bond acceptors (Lipinski definition) is 4. The summed E-state index contributed by atoms with van der Waals surface area (Å²) < 4.78 is 27.8. The summed E-state index contributed by atoms with van der Waals surface area (Å²) in [5.74, 6) is -1.02. The number of H-pyrrole nitrogens is 1. The number of aryl methyl sites for hydroxylation is 1. The molecule has 1 fully saturated rings. The van der Waals surface area contributed by atoms with Crippen LogP contribution < -0.4 is 0 Å². The molecular formula is C29H34FN3O4. The van der Waals surface area contributed by atoms with E-state index in [0.29, 0.717) is 37.9 Å². The lowest BCUT2D eigenvalue weighted by molar-refractivity contribution is -0.166. The van der Waals surface area contributed by atoms with Crippen LogP contribution in [0, 0.1) is 12.7 Å². The molecule has 4 aromatic rings. The first-order valence-electron chi connectivity index (χ1n) is 12.7. The van der Waals surface area contributed by atoms with Gasteiger partial charge in [0.1, 0.15) is 5.82 Å². The summed E-state index contributed by atoms with van der Waals surface area (Å²) in [4.78, 5) is 12.1. The minimum atomic E-state index is -1.15. The molecule has 0 saturated heterocycles.